The second-order valence-electron chi connectivity index (χ2n) is 4.34. The Morgan fingerprint density at radius 1 is 1.37 bits per heavy atom. The van der Waals surface area contributed by atoms with Gasteiger partial charge in [-0.1, -0.05) is 18.7 Å². The molecular formula is C13H19N5S. The molecule has 6 heteroatoms. The molecule has 0 radical (unpaired) electrons. The van der Waals surface area contributed by atoms with Gasteiger partial charge in [0.1, 0.15) is 5.82 Å². The highest BCUT2D eigenvalue weighted by Crippen LogP contribution is 2.21. The molecule has 102 valence electrons. The topological polar surface area (TPSA) is 55.6 Å². The van der Waals surface area contributed by atoms with E-state index < -0.39 is 0 Å². The third-order valence-electron chi connectivity index (χ3n) is 2.80. The van der Waals surface area contributed by atoms with E-state index in [4.69, 9.17) is 0 Å². The predicted molar refractivity (Wildman–Crippen MR) is 78.3 cm³/mol. The van der Waals surface area contributed by atoms with Crippen molar-refractivity contribution in [2.45, 2.75) is 31.2 Å². The second-order valence-corrected chi connectivity index (χ2v) is 5.28. The molecule has 0 saturated carbocycles. The third kappa shape index (κ3) is 3.70. The van der Waals surface area contributed by atoms with Gasteiger partial charge in [-0.05, 0) is 25.5 Å². The van der Waals surface area contributed by atoms with Gasteiger partial charge in [-0.2, -0.15) is 0 Å². The molecule has 0 saturated heterocycles. The smallest absolute Gasteiger partial charge is 0.191 e. The van der Waals surface area contributed by atoms with Gasteiger partial charge in [0.05, 0.1) is 5.69 Å². The van der Waals surface area contributed by atoms with Gasteiger partial charge in [0.25, 0.3) is 0 Å². The summed E-state index contributed by atoms with van der Waals surface area (Å²) in [5.41, 5.74) is 2.17. The van der Waals surface area contributed by atoms with Crippen LogP contribution in [0.25, 0.3) is 0 Å². The van der Waals surface area contributed by atoms with Crippen LogP contribution in [0.3, 0.4) is 0 Å². The third-order valence-corrected chi connectivity index (χ3v) is 3.85. The highest BCUT2D eigenvalue weighted by atomic mass is 32.2. The molecule has 19 heavy (non-hydrogen) atoms. The Bertz CT molecular complexity index is 538. The average Bonchev–Trinajstić information content (AvgIpc) is 2.75. The maximum Gasteiger partial charge on any atom is 0.191 e. The van der Waals surface area contributed by atoms with Crippen LogP contribution in [-0.2, 0) is 12.8 Å². The lowest BCUT2D eigenvalue weighted by atomic mass is 10.3. The van der Waals surface area contributed by atoms with Gasteiger partial charge in [-0.15, -0.1) is 10.2 Å². The highest BCUT2D eigenvalue weighted by Gasteiger charge is 2.06. The van der Waals surface area contributed by atoms with Crippen LogP contribution in [0, 0.1) is 6.92 Å². The van der Waals surface area contributed by atoms with E-state index in [1.165, 1.54) is 0 Å². The summed E-state index contributed by atoms with van der Waals surface area (Å²) in [6.07, 6.45) is 2.96. The van der Waals surface area contributed by atoms with E-state index in [2.05, 4.69) is 33.5 Å². The fraction of sp³-hybridized carbons (Fsp3) is 0.462. The summed E-state index contributed by atoms with van der Waals surface area (Å²) in [5, 5.41) is 12.5. The molecule has 0 spiro atoms. The number of rotatable bonds is 6. The number of aromatic nitrogens is 4. The van der Waals surface area contributed by atoms with E-state index in [1.54, 1.807) is 11.8 Å². The number of thioether (sulfide) groups is 1. The Morgan fingerprint density at radius 2 is 2.21 bits per heavy atom. The van der Waals surface area contributed by atoms with E-state index in [-0.39, 0.29) is 0 Å². The molecule has 0 unspecified atom stereocenters. The largest absolute Gasteiger partial charge is 0.385 e. The van der Waals surface area contributed by atoms with Crippen molar-refractivity contribution in [2.75, 3.05) is 11.9 Å². The molecule has 0 amide bonds. The number of pyridine rings is 1. The first-order chi connectivity index (χ1) is 9.20. The monoisotopic (exact) mass is 277 g/mol. The van der Waals surface area contributed by atoms with Crippen LogP contribution < -0.4 is 5.32 Å². The fourth-order valence-electron chi connectivity index (χ4n) is 1.59. The Balaban J connectivity index is 1.97. The second kappa shape index (κ2) is 6.56. The summed E-state index contributed by atoms with van der Waals surface area (Å²) in [6.45, 7) is 5.09. The van der Waals surface area contributed by atoms with Crippen molar-refractivity contribution >= 4 is 17.4 Å². The number of nitrogens with one attached hydrogen (secondary N) is 1. The standard InChI is InChI=1S/C13H19N5S/c1-4-6-14-11-5-7-15-12(8-11)9-19-13-17-16-10(2)18(13)3/h5,7-8H,4,6,9H2,1-3H3,(H,14,15). The molecule has 2 aromatic rings. The molecule has 0 aliphatic rings. The Labute approximate surface area is 117 Å². The first-order valence-corrected chi connectivity index (χ1v) is 7.37. The summed E-state index contributed by atoms with van der Waals surface area (Å²) in [7, 11) is 1.98. The van der Waals surface area contributed by atoms with Crippen LogP contribution in [0.1, 0.15) is 24.9 Å². The van der Waals surface area contributed by atoms with Crippen LogP contribution in [-0.4, -0.2) is 26.3 Å². The molecule has 0 aliphatic heterocycles. The zero-order chi connectivity index (χ0) is 13.7. The molecule has 0 aliphatic carbocycles. The molecule has 0 bridgehead atoms. The molecule has 0 atom stereocenters. The number of hydrogen-bond acceptors (Lipinski definition) is 5. The SMILES string of the molecule is CCCNc1ccnc(CSc2nnc(C)n2C)c1. The lowest BCUT2D eigenvalue weighted by molar-refractivity contribution is 0.765. The lowest BCUT2D eigenvalue weighted by Crippen LogP contribution is -2.00. The molecule has 0 aromatic carbocycles. The first-order valence-electron chi connectivity index (χ1n) is 6.38. The Kier molecular flexibility index (Phi) is 4.79. The minimum atomic E-state index is 0.799. The van der Waals surface area contributed by atoms with Crippen molar-refractivity contribution in [3.8, 4) is 0 Å². The van der Waals surface area contributed by atoms with Crippen molar-refractivity contribution < 1.29 is 0 Å². The van der Waals surface area contributed by atoms with E-state index in [1.807, 2.05) is 30.8 Å². The number of anilines is 1. The normalized spacial score (nSPS) is 10.7. The van der Waals surface area contributed by atoms with Crippen molar-refractivity contribution in [1.29, 1.82) is 0 Å². The predicted octanol–water partition coefficient (Wildman–Crippen LogP) is 2.63. The average molecular weight is 277 g/mol. The minimum Gasteiger partial charge on any atom is -0.385 e. The van der Waals surface area contributed by atoms with Crippen molar-refractivity contribution in [1.82, 2.24) is 19.7 Å². The molecular weight excluding hydrogens is 258 g/mol. The van der Waals surface area contributed by atoms with Gasteiger partial charge < -0.3 is 9.88 Å². The van der Waals surface area contributed by atoms with Gasteiger partial charge in [-0.3, -0.25) is 4.98 Å². The van der Waals surface area contributed by atoms with Crippen LogP contribution in [0.5, 0.6) is 0 Å². The first kappa shape index (κ1) is 13.9. The van der Waals surface area contributed by atoms with Crippen LogP contribution in [0.4, 0.5) is 5.69 Å². The van der Waals surface area contributed by atoms with E-state index in [0.717, 1.165) is 41.1 Å². The van der Waals surface area contributed by atoms with Crippen molar-refractivity contribution in [3.63, 3.8) is 0 Å². The summed E-state index contributed by atoms with van der Waals surface area (Å²) in [6, 6.07) is 4.09. The number of nitrogens with zero attached hydrogens (tertiary/aromatic N) is 4. The van der Waals surface area contributed by atoms with Gasteiger partial charge in [0.2, 0.25) is 0 Å². The molecule has 1 N–H and O–H groups in total. The number of aryl methyl sites for hydroxylation is 1. The van der Waals surface area contributed by atoms with E-state index in [0.29, 0.717) is 0 Å². The summed E-state index contributed by atoms with van der Waals surface area (Å²) < 4.78 is 1.99. The van der Waals surface area contributed by atoms with Gasteiger partial charge in [0, 0.05) is 31.2 Å². The summed E-state index contributed by atoms with van der Waals surface area (Å²) >= 11 is 1.65. The van der Waals surface area contributed by atoms with Crippen molar-refractivity contribution in [2.24, 2.45) is 7.05 Å². The summed E-state index contributed by atoms with van der Waals surface area (Å²) in [4.78, 5) is 4.38. The maximum atomic E-state index is 4.38. The Hall–Kier alpha value is -1.56. The molecule has 2 heterocycles. The zero-order valence-corrected chi connectivity index (χ0v) is 12.4. The lowest BCUT2D eigenvalue weighted by Gasteiger charge is -2.06. The number of hydrogen-bond donors (Lipinski definition) is 1. The minimum absolute atomic E-state index is 0.799. The van der Waals surface area contributed by atoms with Gasteiger partial charge >= 0.3 is 0 Å². The van der Waals surface area contributed by atoms with Crippen molar-refractivity contribution in [3.05, 3.63) is 29.8 Å². The van der Waals surface area contributed by atoms with E-state index >= 15 is 0 Å². The van der Waals surface area contributed by atoms with Gasteiger partial charge in [0.15, 0.2) is 5.16 Å². The molecule has 0 fully saturated rings. The highest BCUT2D eigenvalue weighted by molar-refractivity contribution is 7.98. The molecule has 5 nitrogen and oxygen atoms in total. The van der Waals surface area contributed by atoms with Crippen LogP contribution in [0.2, 0.25) is 0 Å². The molecule has 2 aromatic heterocycles. The fourth-order valence-corrected chi connectivity index (χ4v) is 2.45. The molecule has 2 rings (SSSR count). The Morgan fingerprint density at radius 3 is 2.89 bits per heavy atom. The van der Waals surface area contributed by atoms with Crippen LogP contribution in [0.15, 0.2) is 23.5 Å². The maximum absolute atomic E-state index is 4.38. The zero-order valence-electron chi connectivity index (χ0n) is 11.6. The van der Waals surface area contributed by atoms with Crippen LogP contribution >= 0.6 is 11.8 Å². The van der Waals surface area contributed by atoms with Gasteiger partial charge in [-0.25, -0.2) is 0 Å². The van der Waals surface area contributed by atoms with E-state index in [9.17, 15) is 0 Å². The quantitative estimate of drug-likeness (QED) is 0.823. The summed E-state index contributed by atoms with van der Waals surface area (Å²) in [5.74, 6) is 1.72.